The summed E-state index contributed by atoms with van der Waals surface area (Å²) in [5.41, 5.74) is 2.36. The van der Waals surface area contributed by atoms with Crippen LogP contribution in [-0.4, -0.2) is 22.6 Å². The monoisotopic (exact) mass is 329 g/mol. The van der Waals surface area contributed by atoms with Gasteiger partial charge in [-0.2, -0.15) is 13.7 Å². The van der Waals surface area contributed by atoms with E-state index >= 15 is 0 Å². The summed E-state index contributed by atoms with van der Waals surface area (Å²) in [5, 5.41) is 8.99. The summed E-state index contributed by atoms with van der Waals surface area (Å²) in [6.45, 7) is 0.218. The maximum atomic E-state index is 12.6. The Labute approximate surface area is 135 Å². The topological polar surface area (TPSA) is 73.6 Å². The van der Waals surface area contributed by atoms with Gasteiger partial charge in [-0.15, -0.1) is 0 Å². The Bertz CT molecular complexity index is 886. The van der Waals surface area contributed by atoms with Gasteiger partial charge in [0.05, 0.1) is 36.7 Å². The van der Waals surface area contributed by atoms with E-state index < -0.39 is 10.2 Å². The SMILES string of the molecule is COc1ccc(CN2c3ccc(C#N)cc3N(C)S2(=O)=O)cc1. The highest BCUT2D eigenvalue weighted by Gasteiger charge is 2.38. The smallest absolute Gasteiger partial charge is 0.326 e. The molecule has 2 aromatic carbocycles. The van der Waals surface area contributed by atoms with Crippen LogP contribution in [0.4, 0.5) is 11.4 Å². The summed E-state index contributed by atoms with van der Waals surface area (Å²) in [6.07, 6.45) is 0. The van der Waals surface area contributed by atoms with Crippen molar-refractivity contribution in [3.63, 3.8) is 0 Å². The van der Waals surface area contributed by atoms with Crippen molar-refractivity contribution in [3.8, 4) is 11.8 Å². The number of fused-ring (bicyclic) bond motifs is 1. The third-order valence-electron chi connectivity index (χ3n) is 3.82. The minimum Gasteiger partial charge on any atom is -0.497 e. The molecule has 1 aliphatic heterocycles. The summed E-state index contributed by atoms with van der Waals surface area (Å²) in [5.74, 6) is 0.717. The van der Waals surface area contributed by atoms with Crippen LogP contribution >= 0.6 is 0 Å². The van der Waals surface area contributed by atoms with Crippen molar-refractivity contribution in [2.45, 2.75) is 6.54 Å². The van der Waals surface area contributed by atoms with Crippen molar-refractivity contribution in [1.82, 2.24) is 0 Å². The molecule has 6 nitrogen and oxygen atoms in total. The highest BCUT2D eigenvalue weighted by Crippen LogP contribution is 2.41. The van der Waals surface area contributed by atoms with Gasteiger partial charge in [-0.1, -0.05) is 12.1 Å². The van der Waals surface area contributed by atoms with Crippen molar-refractivity contribution in [3.05, 3.63) is 53.6 Å². The number of hydrogen-bond acceptors (Lipinski definition) is 4. The molecule has 7 heteroatoms. The summed E-state index contributed by atoms with van der Waals surface area (Å²) in [6, 6.07) is 14.1. The van der Waals surface area contributed by atoms with Gasteiger partial charge in [0, 0.05) is 7.05 Å². The summed E-state index contributed by atoms with van der Waals surface area (Å²) >= 11 is 0. The van der Waals surface area contributed by atoms with E-state index in [1.165, 1.54) is 15.7 Å². The third-order valence-corrected chi connectivity index (χ3v) is 5.59. The fraction of sp³-hybridized carbons (Fsp3) is 0.188. The van der Waals surface area contributed by atoms with Crippen molar-refractivity contribution in [2.75, 3.05) is 22.8 Å². The van der Waals surface area contributed by atoms with Gasteiger partial charge in [0.1, 0.15) is 5.75 Å². The van der Waals surface area contributed by atoms with E-state index in [1.807, 2.05) is 18.2 Å². The number of benzene rings is 2. The minimum atomic E-state index is -3.64. The molecule has 0 spiro atoms. The number of anilines is 2. The van der Waals surface area contributed by atoms with Gasteiger partial charge in [-0.25, -0.2) is 4.31 Å². The van der Waals surface area contributed by atoms with E-state index in [9.17, 15) is 8.42 Å². The first-order valence-electron chi connectivity index (χ1n) is 6.91. The Kier molecular flexibility index (Phi) is 3.62. The van der Waals surface area contributed by atoms with E-state index in [1.54, 1.807) is 37.4 Å². The van der Waals surface area contributed by atoms with Crippen molar-refractivity contribution >= 4 is 21.6 Å². The first-order valence-corrected chi connectivity index (χ1v) is 8.31. The molecular weight excluding hydrogens is 314 g/mol. The Hall–Kier alpha value is -2.72. The van der Waals surface area contributed by atoms with Crippen LogP contribution in [0.15, 0.2) is 42.5 Å². The van der Waals surface area contributed by atoms with E-state index in [-0.39, 0.29) is 6.54 Å². The van der Waals surface area contributed by atoms with Gasteiger partial charge < -0.3 is 4.74 Å². The molecule has 1 aliphatic rings. The largest absolute Gasteiger partial charge is 0.497 e. The lowest BCUT2D eigenvalue weighted by Gasteiger charge is -2.19. The molecule has 0 bridgehead atoms. The zero-order valence-electron chi connectivity index (χ0n) is 12.7. The lowest BCUT2D eigenvalue weighted by atomic mass is 10.1. The number of ether oxygens (including phenoxy) is 1. The maximum Gasteiger partial charge on any atom is 0.326 e. The molecule has 0 unspecified atom stereocenters. The Balaban J connectivity index is 2.00. The molecule has 1 heterocycles. The lowest BCUT2D eigenvalue weighted by molar-refractivity contribution is 0.414. The van der Waals surface area contributed by atoms with E-state index in [0.717, 1.165) is 5.56 Å². The van der Waals surface area contributed by atoms with Gasteiger partial charge >= 0.3 is 10.2 Å². The molecule has 0 aliphatic carbocycles. The second-order valence-corrected chi connectivity index (χ2v) is 7.03. The zero-order valence-corrected chi connectivity index (χ0v) is 13.5. The quantitative estimate of drug-likeness (QED) is 0.866. The van der Waals surface area contributed by atoms with E-state index in [0.29, 0.717) is 22.7 Å². The summed E-state index contributed by atoms with van der Waals surface area (Å²) < 4.78 is 32.9. The predicted octanol–water partition coefficient (Wildman–Crippen LogP) is 2.27. The van der Waals surface area contributed by atoms with E-state index in [2.05, 4.69) is 0 Å². The second kappa shape index (κ2) is 5.48. The summed E-state index contributed by atoms with van der Waals surface area (Å²) in [7, 11) is -0.567. The number of nitrogens with zero attached hydrogens (tertiary/aromatic N) is 3. The average molecular weight is 329 g/mol. The molecule has 23 heavy (non-hydrogen) atoms. The lowest BCUT2D eigenvalue weighted by Crippen LogP contribution is -2.35. The van der Waals surface area contributed by atoms with Gasteiger partial charge in [-0.3, -0.25) is 4.31 Å². The molecule has 0 N–H and O–H groups in total. The molecule has 0 amide bonds. The molecule has 0 aromatic heterocycles. The predicted molar refractivity (Wildman–Crippen MR) is 87.7 cm³/mol. The maximum absolute atomic E-state index is 12.6. The van der Waals surface area contributed by atoms with Gasteiger partial charge in [0.15, 0.2) is 0 Å². The van der Waals surface area contributed by atoms with Crippen LogP contribution in [0.2, 0.25) is 0 Å². The van der Waals surface area contributed by atoms with Crippen molar-refractivity contribution < 1.29 is 13.2 Å². The average Bonchev–Trinajstić information content (AvgIpc) is 2.76. The zero-order chi connectivity index (χ0) is 16.6. The van der Waals surface area contributed by atoms with Crippen LogP contribution < -0.4 is 13.3 Å². The molecule has 0 saturated heterocycles. The minimum absolute atomic E-state index is 0.218. The van der Waals surface area contributed by atoms with Crippen molar-refractivity contribution in [1.29, 1.82) is 5.26 Å². The van der Waals surface area contributed by atoms with Crippen molar-refractivity contribution in [2.24, 2.45) is 0 Å². The highest BCUT2D eigenvalue weighted by molar-refractivity contribution is 7.94. The van der Waals surface area contributed by atoms with E-state index in [4.69, 9.17) is 10.00 Å². The standard InChI is InChI=1S/C16H15N3O3S/c1-18-16-9-13(10-17)5-8-15(16)19(23(18,20)21)11-12-3-6-14(22-2)7-4-12/h3-9H,11H2,1-2H3. The molecule has 0 radical (unpaired) electrons. The van der Waals surface area contributed by atoms with Crippen LogP contribution in [0, 0.1) is 11.3 Å². The second-order valence-electron chi connectivity index (χ2n) is 5.15. The highest BCUT2D eigenvalue weighted by atomic mass is 32.2. The first-order chi connectivity index (χ1) is 11.0. The number of rotatable bonds is 3. The molecule has 3 rings (SSSR count). The molecule has 0 atom stereocenters. The van der Waals surface area contributed by atoms with Gasteiger partial charge in [0.2, 0.25) is 0 Å². The van der Waals surface area contributed by atoms with Crippen LogP contribution in [0.1, 0.15) is 11.1 Å². The Morgan fingerprint density at radius 3 is 2.43 bits per heavy atom. The fourth-order valence-corrected chi connectivity index (χ4v) is 3.92. The number of methoxy groups -OCH3 is 1. The van der Waals surface area contributed by atoms with Crippen LogP contribution in [-0.2, 0) is 16.8 Å². The van der Waals surface area contributed by atoms with Gasteiger partial charge in [-0.05, 0) is 35.9 Å². The fourth-order valence-electron chi connectivity index (χ4n) is 2.52. The first kappa shape index (κ1) is 15.2. The Morgan fingerprint density at radius 2 is 1.83 bits per heavy atom. The van der Waals surface area contributed by atoms with Crippen LogP contribution in [0.5, 0.6) is 5.75 Å². The Morgan fingerprint density at radius 1 is 1.13 bits per heavy atom. The molecular formula is C16H15N3O3S. The van der Waals surface area contributed by atoms with Gasteiger partial charge in [0.25, 0.3) is 0 Å². The molecule has 2 aromatic rings. The van der Waals surface area contributed by atoms with Crippen LogP contribution in [0.3, 0.4) is 0 Å². The third kappa shape index (κ3) is 2.47. The number of hydrogen-bond donors (Lipinski definition) is 0. The summed E-state index contributed by atoms with van der Waals surface area (Å²) in [4.78, 5) is 0. The normalized spacial score (nSPS) is 15.2. The molecule has 0 saturated carbocycles. The molecule has 0 fully saturated rings. The number of nitriles is 1. The molecule has 118 valence electrons. The van der Waals surface area contributed by atoms with Crippen LogP contribution in [0.25, 0.3) is 0 Å².